The number of nitrogens with zero attached hydrogens (tertiary/aromatic N) is 2. The molecule has 0 radical (unpaired) electrons. The van der Waals surface area contributed by atoms with E-state index in [-0.39, 0.29) is 35.9 Å². The van der Waals surface area contributed by atoms with E-state index in [4.69, 9.17) is 14.2 Å². The van der Waals surface area contributed by atoms with Crippen LogP contribution in [0.4, 0.5) is 0 Å². The van der Waals surface area contributed by atoms with Crippen molar-refractivity contribution in [1.82, 2.24) is 20.9 Å². The second-order valence-corrected chi connectivity index (χ2v) is 7.26. The Bertz CT molecular complexity index is 714. The topological polar surface area (TPSA) is 96.5 Å². The molecule has 1 fully saturated rings. The fraction of sp³-hybridized carbons (Fsp3) is 0.636. The summed E-state index contributed by atoms with van der Waals surface area (Å²) >= 11 is 0. The molecule has 32 heavy (non-hydrogen) atoms. The number of aliphatic imine (C=N–C) groups is 1. The van der Waals surface area contributed by atoms with Gasteiger partial charge in [0.15, 0.2) is 17.5 Å². The monoisotopic (exact) mass is 563 g/mol. The Morgan fingerprint density at radius 2 is 1.84 bits per heavy atom. The lowest BCUT2D eigenvalue weighted by Gasteiger charge is -2.35. The summed E-state index contributed by atoms with van der Waals surface area (Å²) in [5.41, 5.74) is 1.13. The molecule has 9 nitrogen and oxygen atoms in total. The van der Waals surface area contributed by atoms with E-state index in [1.807, 2.05) is 19.1 Å². The average molecular weight is 563 g/mol. The largest absolute Gasteiger partial charge is 0.493 e. The molecule has 1 unspecified atom stereocenters. The van der Waals surface area contributed by atoms with Crippen LogP contribution in [-0.4, -0.2) is 84.0 Å². The van der Waals surface area contributed by atoms with Crippen molar-refractivity contribution in [2.75, 3.05) is 67.2 Å². The van der Waals surface area contributed by atoms with E-state index in [9.17, 15) is 4.79 Å². The number of halogens is 1. The smallest absolute Gasteiger partial charge is 0.221 e. The number of carbonyl (C=O) groups is 1. The van der Waals surface area contributed by atoms with Crippen molar-refractivity contribution < 1.29 is 19.0 Å². The number of morpholine rings is 1. The number of amides is 1. The summed E-state index contributed by atoms with van der Waals surface area (Å²) in [6.45, 7) is 7.04. The number of rotatable bonds is 11. The lowest BCUT2D eigenvalue weighted by Crippen LogP contribution is -2.46. The zero-order valence-electron chi connectivity index (χ0n) is 19.6. The Morgan fingerprint density at radius 1 is 1.12 bits per heavy atom. The number of guanidine groups is 1. The first-order valence-corrected chi connectivity index (χ1v) is 10.9. The number of carbonyl (C=O) groups excluding carboxylic acids is 1. The predicted octanol–water partition coefficient (Wildman–Crippen LogP) is 1.78. The number of methoxy groups -OCH3 is 2. The molecule has 0 bridgehead atoms. The molecule has 1 atom stereocenters. The van der Waals surface area contributed by atoms with Gasteiger partial charge in [-0.15, -0.1) is 24.0 Å². The second-order valence-electron chi connectivity index (χ2n) is 7.26. The summed E-state index contributed by atoms with van der Waals surface area (Å²) in [4.78, 5) is 18.5. The third kappa shape index (κ3) is 8.99. The first kappa shape index (κ1) is 28.2. The summed E-state index contributed by atoms with van der Waals surface area (Å²) < 4.78 is 16.4. The molecular formula is C22H38IN5O4. The van der Waals surface area contributed by atoms with Crippen molar-refractivity contribution in [3.8, 4) is 11.5 Å². The van der Waals surface area contributed by atoms with Crippen LogP contribution in [0, 0.1) is 0 Å². The van der Waals surface area contributed by atoms with Crippen molar-refractivity contribution in [3.05, 3.63) is 23.8 Å². The van der Waals surface area contributed by atoms with E-state index in [0.29, 0.717) is 56.7 Å². The van der Waals surface area contributed by atoms with Crippen molar-refractivity contribution in [2.24, 2.45) is 4.99 Å². The van der Waals surface area contributed by atoms with Crippen LogP contribution in [0.25, 0.3) is 0 Å². The van der Waals surface area contributed by atoms with Crippen molar-refractivity contribution in [1.29, 1.82) is 0 Å². The minimum atomic E-state index is 0. The van der Waals surface area contributed by atoms with E-state index >= 15 is 0 Å². The molecule has 3 N–H and O–H groups in total. The van der Waals surface area contributed by atoms with Crippen LogP contribution in [-0.2, 0) is 9.53 Å². The van der Waals surface area contributed by atoms with Gasteiger partial charge in [0.05, 0.1) is 33.5 Å². The van der Waals surface area contributed by atoms with Crippen LogP contribution in [0.1, 0.15) is 31.4 Å². The molecular weight excluding hydrogens is 525 g/mol. The molecule has 1 amide bonds. The van der Waals surface area contributed by atoms with E-state index < -0.39 is 0 Å². The molecule has 1 aliphatic rings. The van der Waals surface area contributed by atoms with E-state index in [2.05, 4.69) is 31.9 Å². The van der Waals surface area contributed by atoms with Gasteiger partial charge in [0.1, 0.15) is 0 Å². The lowest BCUT2D eigenvalue weighted by atomic mass is 10.0. The summed E-state index contributed by atoms with van der Waals surface area (Å²) in [5, 5.41) is 9.50. The maximum atomic E-state index is 11.8. The third-order valence-corrected chi connectivity index (χ3v) is 5.18. The normalized spacial score (nSPS) is 15.3. The van der Waals surface area contributed by atoms with Crippen molar-refractivity contribution >= 4 is 35.8 Å². The van der Waals surface area contributed by atoms with Gasteiger partial charge in [0, 0.05) is 46.2 Å². The molecule has 0 saturated carbocycles. The number of hydrogen-bond acceptors (Lipinski definition) is 6. The van der Waals surface area contributed by atoms with Gasteiger partial charge in [-0.1, -0.05) is 13.0 Å². The molecule has 1 aliphatic heterocycles. The van der Waals surface area contributed by atoms with Crippen LogP contribution < -0.4 is 25.4 Å². The first-order valence-electron chi connectivity index (χ1n) is 10.9. The zero-order chi connectivity index (χ0) is 22.5. The summed E-state index contributed by atoms with van der Waals surface area (Å²) in [6, 6.07) is 6.13. The van der Waals surface area contributed by atoms with E-state index in [0.717, 1.165) is 25.1 Å². The maximum Gasteiger partial charge on any atom is 0.221 e. The highest BCUT2D eigenvalue weighted by molar-refractivity contribution is 14.0. The average Bonchev–Trinajstić information content (AvgIpc) is 2.82. The van der Waals surface area contributed by atoms with Gasteiger partial charge in [0.25, 0.3) is 0 Å². The number of benzene rings is 1. The Kier molecular flexibility index (Phi) is 14.1. The number of ether oxygens (including phenoxy) is 3. The first-order chi connectivity index (χ1) is 15.1. The highest BCUT2D eigenvalue weighted by Gasteiger charge is 2.24. The molecule has 10 heteroatoms. The fourth-order valence-corrected chi connectivity index (χ4v) is 3.47. The minimum absolute atomic E-state index is 0. The molecule has 1 aromatic carbocycles. The molecule has 1 heterocycles. The Morgan fingerprint density at radius 3 is 2.47 bits per heavy atom. The van der Waals surface area contributed by atoms with Crippen molar-refractivity contribution in [2.45, 2.75) is 25.8 Å². The van der Waals surface area contributed by atoms with Crippen LogP contribution in [0.5, 0.6) is 11.5 Å². The zero-order valence-corrected chi connectivity index (χ0v) is 21.9. The van der Waals surface area contributed by atoms with Gasteiger partial charge in [0.2, 0.25) is 5.91 Å². The summed E-state index contributed by atoms with van der Waals surface area (Å²) in [6.07, 6.45) is 1.34. The molecule has 0 spiro atoms. The van der Waals surface area contributed by atoms with Crippen molar-refractivity contribution in [3.63, 3.8) is 0 Å². The van der Waals surface area contributed by atoms with Gasteiger partial charge < -0.3 is 30.2 Å². The van der Waals surface area contributed by atoms with E-state index in [1.54, 1.807) is 21.3 Å². The molecule has 1 saturated heterocycles. The second kappa shape index (κ2) is 15.9. The maximum absolute atomic E-state index is 11.8. The van der Waals surface area contributed by atoms with Crippen LogP contribution in [0.3, 0.4) is 0 Å². The van der Waals surface area contributed by atoms with Gasteiger partial charge in [-0.3, -0.25) is 14.7 Å². The summed E-state index contributed by atoms with van der Waals surface area (Å²) in [7, 11) is 5.01. The standard InChI is InChI=1S/C22H37N5O4.HI/c1-5-9-24-21(28)8-10-25-22(23-2)26-16-18(27-11-13-31-14-12-27)17-6-7-19(29-3)20(15-17)30-4;/h6-7,15,18H,5,8-14,16H2,1-4H3,(H,24,28)(H2,23,25,26);1H. The molecule has 1 aromatic rings. The Hall–Kier alpha value is -1.79. The third-order valence-electron chi connectivity index (χ3n) is 5.18. The van der Waals surface area contributed by atoms with Crippen LogP contribution in [0.2, 0.25) is 0 Å². The highest BCUT2D eigenvalue weighted by Crippen LogP contribution is 2.32. The summed E-state index contributed by atoms with van der Waals surface area (Å²) in [5.74, 6) is 2.13. The van der Waals surface area contributed by atoms with Crippen LogP contribution >= 0.6 is 24.0 Å². The Balaban J connectivity index is 0.00000512. The van der Waals surface area contributed by atoms with Gasteiger partial charge >= 0.3 is 0 Å². The quantitative estimate of drug-likeness (QED) is 0.215. The SMILES string of the molecule is CCCNC(=O)CCNC(=NC)NCC(c1ccc(OC)c(OC)c1)N1CCOCC1.I. The number of hydrogen-bond donors (Lipinski definition) is 3. The molecule has 182 valence electrons. The molecule has 2 rings (SSSR count). The highest BCUT2D eigenvalue weighted by atomic mass is 127. The van der Waals surface area contributed by atoms with Gasteiger partial charge in [-0.05, 0) is 24.1 Å². The van der Waals surface area contributed by atoms with Gasteiger partial charge in [-0.25, -0.2) is 0 Å². The fourth-order valence-electron chi connectivity index (χ4n) is 3.47. The Labute approximate surface area is 208 Å². The predicted molar refractivity (Wildman–Crippen MR) is 137 cm³/mol. The minimum Gasteiger partial charge on any atom is -0.493 e. The molecule has 0 aromatic heterocycles. The lowest BCUT2D eigenvalue weighted by molar-refractivity contribution is -0.120. The number of nitrogens with one attached hydrogen (secondary N) is 3. The van der Waals surface area contributed by atoms with E-state index in [1.165, 1.54) is 0 Å². The molecule has 0 aliphatic carbocycles. The van der Waals surface area contributed by atoms with Gasteiger partial charge in [-0.2, -0.15) is 0 Å². The van der Waals surface area contributed by atoms with Crippen LogP contribution in [0.15, 0.2) is 23.2 Å².